The van der Waals surface area contributed by atoms with Crippen molar-refractivity contribution in [1.82, 2.24) is 4.90 Å². The third-order valence-electron chi connectivity index (χ3n) is 3.14. The lowest BCUT2D eigenvalue weighted by atomic mass is 10.1. The molecule has 0 bridgehead atoms. The van der Waals surface area contributed by atoms with Gasteiger partial charge in [-0.15, -0.1) is 0 Å². The maximum atomic E-state index is 11.0. The summed E-state index contributed by atoms with van der Waals surface area (Å²) < 4.78 is 0. The Kier molecular flexibility index (Phi) is 5.76. The number of hydrogen-bond donors (Lipinski definition) is 1. The third-order valence-corrected chi connectivity index (χ3v) is 3.14. The van der Waals surface area contributed by atoms with Gasteiger partial charge in [-0.2, -0.15) is 0 Å². The van der Waals surface area contributed by atoms with E-state index in [9.17, 15) is 10.1 Å². The fraction of sp³-hybridized carbons (Fsp3) is 0.571. The lowest BCUT2D eigenvalue weighted by Gasteiger charge is -2.21. The Morgan fingerprint density at radius 3 is 2.63 bits per heavy atom. The van der Waals surface area contributed by atoms with Crippen LogP contribution in [0, 0.1) is 10.1 Å². The average molecular weight is 265 g/mol. The van der Waals surface area contributed by atoms with Crippen LogP contribution in [0.5, 0.6) is 0 Å². The molecule has 0 aliphatic carbocycles. The summed E-state index contributed by atoms with van der Waals surface area (Å²) in [6.07, 6.45) is 0.938. The van der Waals surface area contributed by atoms with Gasteiger partial charge in [0.1, 0.15) is 5.69 Å². The van der Waals surface area contributed by atoms with E-state index < -0.39 is 0 Å². The molecule has 0 spiro atoms. The normalized spacial score (nSPS) is 11.1. The molecule has 0 saturated heterocycles. The predicted molar refractivity (Wildman–Crippen MR) is 78.5 cm³/mol. The molecule has 1 aromatic carbocycles. The quantitative estimate of drug-likeness (QED) is 0.607. The number of nitro benzene ring substituents is 1. The molecule has 1 aromatic rings. The SMILES string of the molecule is CCCNc1cc(CN(C)C(C)C)ccc1[N+](=O)[O-]. The maximum Gasteiger partial charge on any atom is 0.292 e. The number of nitrogens with one attached hydrogen (secondary N) is 1. The van der Waals surface area contributed by atoms with E-state index >= 15 is 0 Å². The molecule has 5 nitrogen and oxygen atoms in total. The van der Waals surface area contributed by atoms with Crippen molar-refractivity contribution in [2.75, 3.05) is 18.9 Å². The zero-order valence-corrected chi connectivity index (χ0v) is 12.1. The molecule has 0 unspecified atom stereocenters. The van der Waals surface area contributed by atoms with Gasteiger partial charge in [-0.25, -0.2) is 0 Å². The van der Waals surface area contributed by atoms with E-state index in [0.717, 1.165) is 25.1 Å². The Labute approximate surface area is 114 Å². The fourth-order valence-electron chi connectivity index (χ4n) is 1.71. The van der Waals surface area contributed by atoms with Gasteiger partial charge >= 0.3 is 0 Å². The zero-order valence-electron chi connectivity index (χ0n) is 12.1. The molecule has 1 N–H and O–H groups in total. The summed E-state index contributed by atoms with van der Waals surface area (Å²) in [4.78, 5) is 12.8. The highest BCUT2D eigenvalue weighted by atomic mass is 16.6. The minimum Gasteiger partial charge on any atom is -0.379 e. The van der Waals surface area contributed by atoms with Crippen molar-refractivity contribution < 1.29 is 4.92 Å². The Hall–Kier alpha value is -1.62. The minimum atomic E-state index is -0.339. The van der Waals surface area contributed by atoms with Gasteiger partial charge in [0.05, 0.1) is 4.92 Å². The Morgan fingerprint density at radius 1 is 1.42 bits per heavy atom. The van der Waals surface area contributed by atoms with E-state index in [0.29, 0.717) is 11.7 Å². The molecule has 0 heterocycles. The van der Waals surface area contributed by atoms with Gasteiger partial charge in [-0.3, -0.25) is 15.0 Å². The molecule has 0 aliphatic rings. The molecule has 0 saturated carbocycles. The minimum absolute atomic E-state index is 0.143. The maximum absolute atomic E-state index is 11.0. The third kappa shape index (κ3) is 4.52. The number of anilines is 1. The molecule has 0 aliphatic heterocycles. The van der Waals surface area contributed by atoms with E-state index in [1.54, 1.807) is 6.07 Å². The van der Waals surface area contributed by atoms with Gasteiger partial charge < -0.3 is 5.32 Å². The molecule has 0 aromatic heterocycles. The van der Waals surface area contributed by atoms with Gasteiger partial charge in [0, 0.05) is 25.2 Å². The summed E-state index contributed by atoms with van der Waals surface area (Å²) in [5, 5.41) is 14.1. The van der Waals surface area contributed by atoms with Gasteiger partial charge in [0.15, 0.2) is 0 Å². The summed E-state index contributed by atoms with van der Waals surface area (Å²) in [5.74, 6) is 0. The number of hydrogen-bond acceptors (Lipinski definition) is 4. The van der Waals surface area contributed by atoms with Crippen LogP contribution in [-0.2, 0) is 6.54 Å². The molecule has 5 heteroatoms. The van der Waals surface area contributed by atoms with Gasteiger partial charge in [-0.05, 0) is 38.9 Å². The van der Waals surface area contributed by atoms with Crippen LogP contribution in [0.2, 0.25) is 0 Å². The smallest absolute Gasteiger partial charge is 0.292 e. The molecule has 0 amide bonds. The summed E-state index contributed by atoms with van der Waals surface area (Å²) in [5.41, 5.74) is 1.84. The second kappa shape index (κ2) is 7.09. The summed E-state index contributed by atoms with van der Waals surface area (Å²) in [6.45, 7) is 7.82. The lowest BCUT2D eigenvalue weighted by molar-refractivity contribution is -0.384. The molecule has 106 valence electrons. The highest BCUT2D eigenvalue weighted by Crippen LogP contribution is 2.26. The monoisotopic (exact) mass is 265 g/mol. The van der Waals surface area contributed by atoms with Crippen LogP contribution in [0.25, 0.3) is 0 Å². The van der Waals surface area contributed by atoms with Crippen molar-refractivity contribution in [3.05, 3.63) is 33.9 Å². The number of rotatable bonds is 7. The number of nitro groups is 1. The number of nitrogens with zero attached hydrogens (tertiary/aromatic N) is 2. The van der Waals surface area contributed by atoms with Crippen molar-refractivity contribution in [3.63, 3.8) is 0 Å². The van der Waals surface area contributed by atoms with Crippen LogP contribution in [-0.4, -0.2) is 29.5 Å². The standard InChI is InChI=1S/C14H23N3O2/c1-5-8-15-13-9-12(10-16(4)11(2)3)6-7-14(13)17(18)19/h6-7,9,11,15H,5,8,10H2,1-4H3. The topological polar surface area (TPSA) is 58.4 Å². The highest BCUT2D eigenvalue weighted by molar-refractivity contribution is 5.62. The van der Waals surface area contributed by atoms with Crippen molar-refractivity contribution >= 4 is 11.4 Å². The van der Waals surface area contributed by atoms with E-state index in [1.165, 1.54) is 0 Å². The van der Waals surface area contributed by atoms with Gasteiger partial charge in [0.2, 0.25) is 0 Å². The highest BCUT2D eigenvalue weighted by Gasteiger charge is 2.14. The van der Waals surface area contributed by atoms with Crippen molar-refractivity contribution in [3.8, 4) is 0 Å². The van der Waals surface area contributed by atoms with E-state index in [-0.39, 0.29) is 10.6 Å². The molecule has 1 rings (SSSR count). The van der Waals surface area contributed by atoms with Crippen LogP contribution in [0.4, 0.5) is 11.4 Å². The average Bonchev–Trinajstić information content (AvgIpc) is 2.35. The summed E-state index contributed by atoms with van der Waals surface area (Å²) in [6, 6.07) is 5.74. The molecule has 19 heavy (non-hydrogen) atoms. The molecular formula is C14H23N3O2. The Bertz CT molecular complexity index is 433. The van der Waals surface area contributed by atoms with Gasteiger partial charge in [0.25, 0.3) is 5.69 Å². The van der Waals surface area contributed by atoms with Crippen LogP contribution in [0.1, 0.15) is 32.8 Å². The molecule has 0 atom stereocenters. The lowest BCUT2D eigenvalue weighted by Crippen LogP contribution is -2.25. The number of benzene rings is 1. The van der Waals surface area contributed by atoms with Crippen LogP contribution >= 0.6 is 0 Å². The van der Waals surface area contributed by atoms with Crippen molar-refractivity contribution in [2.24, 2.45) is 0 Å². The zero-order chi connectivity index (χ0) is 14.4. The first kappa shape index (κ1) is 15.4. The molecule has 0 radical (unpaired) electrons. The van der Waals surface area contributed by atoms with Crippen molar-refractivity contribution in [1.29, 1.82) is 0 Å². The fourth-order valence-corrected chi connectivity index (χ4v) is 1.71. The second-order valence-electron chi connectivity index (χ2n) is 5.04. The van der Waals surface area contributed by atoms with Crippen LogP contribution in [0.3, 0.4) is 0 Å². The van der Waals surface area contributed by atoms with Crippen LogP contribution < -0.4 is 5.32 Å². The van der Waals surface area contributed by atoms with E-state index in [2.05, 4.69) is 24.1 Å². The summed E-state index contributed by atoms with van der Waals surface area (Å²) >= 11 is 0. The molecular weight excluding hydrogens is 242 g/mol. The summed E-state index contributed by atoms with van der Waals surface area (Å²) in [7, 11) is 2.05. The first-order valence-electron chi connectivity index (χ1n) is 6.67. The largest absolute Gasteiger partial charge is 0.379 e. The first-order valence-corrected chi connectivity index (χ1v) is 6.67. The Morgan fingerprint density at radius 2 is 2.11 bits per heavy atom. The first-order chi connectivity index (χ1) is 8.95. The molecule has 0 fully saturated rings. The van der Waals surface area contributed by atoms with Crippen molar-refractivity contribution in [2.45, 2.75) is 39.8 Å². The predicted octanol–water partition coefficient (Wildman–Crippen LogP) is 3.26. The second-order valence-corrected chi connectivity index (χ2v) is 5.04. The van der Waals surface area contributed by atoms with E-state index in [1.807, 2.05) is 26.1 Å². The Balaban J connectivity index is 2.93. The van der Waals surface area contributed by atoms with Crippen LogP contribution in [0.15, 0.2) is 18.2 Å². The van der Waals surface area contributed by atoms with Gasteiger partial charge in [-0.1, -0.05) is 13.0 Å². The van der Waals surface area contributed by atoms with E-state index in [4.69, 9.17) is 0 Å².